The van der Waals surface area contributed by atoms with E-state index in [2.05, 4.69) is 84.1 Å². The van der Waals surface area contributed by atoms with Gasteiger partial charge in [-0.15, -0.1) is 0 Å². The highest BCUT2D eigenvalue weighted by Gasteiger charge is 2.39. The number of carbonyl (C=O) groups is 15. The van der Waals surface area contributed by atoms with Gasteiger partial charge in [-0.1, -0.05) is 129 Å². The molecule has 0 aromatic heterocycles. The first-order valence-electron chi connectivity index (χ1n) is 37.3. The predicted octanol–water partition coefficient (Wildman–Crippen LogP) is -6.28. The lowest BCUT2D eigenvalue weighted by Gasteiger charge is -2.30. The molecular formula is C71H114N24O17S2. The first-order chi connectivity index (χ1) is 54.1. The molecule has 0 saturated carbocycles. The minimum absolute atomic E-state index is 0.00119. The van der Waals surface area contributed by atoms with Crippen molar-refractivity contribution in [3.63, 3.8) is 0 Å². The molecule has 13 amide bonds. The molecule has 2 aromatic carbocycles. The van der Waals surface area contributed by atoms with Gasteiger partial charge in [0.05, 0.1) is 25.6 Å². The number of nitrogens with two attached hydrogens (primary N) is 8. The lowest BCUT2D eigenvalue weighted by molar-refractivity contribution is -0.142. The Morgan fingerprint density at radius 3 is 1.55 bits per heavy atom. The molecule has 1 aliphatic heterocycles. The van der Waals surface area contributed by atoms with Crippen LogP contribution >= 0.6 is 21.6 Å². The summed E-state index contributed by atoms with van der Waals surface area (Å²) in [5.41, 5.74) is 46.2. The number of aliphatic imine (C=N–C) groups is 3. The number of hydrogen-bond acceptors (Lipinski definition) is 22. The summed E-state index contributed by atoms with van der Waals surface area (Å²) >= 11 is 0. The third-order valence-electron chi connectivity index (χ3n) is 17.9. The molecule has 31 N–H and O–H groups in total. The fourth-order valence-electron chi connectivity index (χ4n) is 11.0. The van der Waals surface area contributed by atoms with Crippen molar-refractivity contribution in [3.05, 3.63) is 71.8 Å². The number of carboxylic acids is 2. The van der Waals surface area contributed by atoms with Gasteiger partial charge in [-0.05, 0) is 87.8 Å². The minimum Gasteiger partial charge on any atom is -0.481 e. The second-order valence-corrected chi connectivity index (χ2v) is 29.7. The molecule has 0 aliphatic carbocycles. The summed E-state index contributed by atoms with van der Waals surface area (Å²) in [6, 6.07) is -2.15. The molecule has 114 heavy (non-hydrogen) atoms. The Labute approximate surface area is 668 Å². The maximum atomic E-state index is 15.2. The van der Waals surface area contributed by atoms with Gasteiger partial charge in [-0.25, -0.2) is 4.79 Å². The number of rotatable bonds is 33. The topological polar surface area (TPSA) is 698 Å². The Kier molecular flexibility index (Phi) is 44.5. The van der Waals surface area contributed by atoms with Crippen LogP contribution in [0.25, 0.3) is 0 Å². The van der Waals surface area contributed by atoms with E-state index < -0.39 is 198 Å². The van der Waals surface area contributed by atoms with Gasteiger partial charge in [0.15, 0.2) is 17.9 Å². The molecule has 1 aliphatic rings. The van der Waals surface area contributed by atoms with Crippen molar-refractivity contribution in [2.75, 3.05) is 50.8 Å². The number of amides is 13. The number of nitrogens with zero attached hydrogens (tertiary/aromatic N) is 3. The van der Waals surface area contributed by atoms with E-state index in [0.29, 0.717) is 24.0 Å². The summed E-state index contributed by atoms with van der Waals surface area (Å²) in [5, 5.41) is 53.4. The predicted molar refractivity (Wildman–Crippen MR) is 428 cm³/mol. The normalized spacial score (nSPS) is 21.9. The van der Waals surface area contributed by atoms with Crippen LogP contribution in [0.5, 0.6) is 0 Å². The number of hydrogen-bond donors (Lipinski definition) is 23. The van der Waals surface area contributed by atoms with Gasteiger partial charge < -0.3 is 125 Å². The molecule has 1 heterocycles. The van der Waals surface area contributed by atoms with Crippen LogP contribution in [0.15, 0.2) is 75.6 Å². The van der Waals surface area contributed by atoms with Gasteiger partial charge in [0.2, 0.25) is 76.8 Å². The fraction of sp³-hybridized carbons (Fsp3) is 0.577. The Morgan fingerprint density at radius 2 is 1.02 bits per heavy atom. The van der Waals surface area contributed by atoms with Gasteiger partial charge in [-0.2, -0.15) is 0 Å². The summed E-state index contributed by atoms with van der Waals surface area (Å²) in [7, 11) is 1.73. The first kappa shape index (κ1) is 97.1. The van der Waals surface area contributed by atoms with Crippen LogP contribution in [0.4, 0.5) is 0 Å². The van der Waals surface area contributed by atoms with E-state index in [-0.39, 0.29) is 120 Å². The van der Waals surface area contributed by atoms with Crippen LogP contribution in [-0.2, 0) is 84.8 Å². The quantitative estimate of drug-likeness (QED) is 0.0137. The van der Waals surface area contributed by atoms with Gasteiger partial charge in [0.25, 0.3) is 0 Å². The highest BCUT2D eigenvalue weighted by Crippen LogP contribution is 2.25. The lowest BCUT2D eigenvalue weighted by Crippen LogP contribution is -2.62. The SMILES string of the molecule is CC[C@H](C)[C@@H]1NC(=O)[C@@H](CCCN=C(N)N)NC(=O)CNC(=O)CNC(=O)[C@@H](Cc2ccccc2)NC(=O)[C@H](C)NC(=O)[C@H](NC(=O)[C@@H](N)CCCCN)CSSC[C@H](C(=O)N[C@H](Cc2ccccc2)C(=O)N[C@H](CCCN=C(N)N)C(=O)O)NC(=O)[C@@H]([C@@H](C)CC)NC(=O)[C@H](CCCN=C(N)N)NC(=O)[C@@H](CC(=O)O)NC1=O. The third kappa shape index (κ3) is 37.5. The van der Waals surface area contributed by atoms with Crippen molar-refractivity contribution in [2.24, 2.45) is 72.7 Å². The fourth-order valence-corrected chi connectivity index (χ4v) is 13.4. The van der Waals surface area contributed by atoms with Crippen LogP contribution in [0.3, 0.4) is 0 Å². The van der Waals surface area contributed by atoms with Crippen LogP contribution in [0, 0.1) is 11.8 Å². The minimum atomic E-state index is -1.99. The summed E-state index contributed by atoms with van der Waals surface area (Å²) in [4.78, 5) is 224. The second-order valence-electron chi connectivity index (χ2n) is 27.1. The Bertz CT molecular complexity index is 3630. The summed E-state index contributed by atoms with van der Waals surface area (Å²) in [6.45, 7) is 6.26. The van der Waals surface area contributed by atoms with Crippen LogP contribution in [0.2, 0.25) is 0 Å². The number of unbranched alkanes of at least 4 members (excludes halogenated alkanes) is 1. The molecule has 41 nitrogen and oxygen atoms in total. The molecule has 43 heteroatoms. The van der Waals surface area contributed by atoms with Crippen molar-refractivity contribution in [2.45, 2.75) is 197 Å². The summed E-state index contributed by atoms with van der Waals surface area (Å²) in [5.74, 6) is -19.2. The van der Waals surface area contributed by atoms with E-state index in [9.17, 15) is 72.5 Å². The Balaban J connectivity index is 2.35. The molecule has 0 spiro atoms. The molecule has 0 unspecified atom stereocenters. The monoisotopic (exact) mass is 1640 g/mol. The van der Waals surface area contributed by atoms with Crippen LogP contribution < -0.4 is 115 Å². The number of carboxylic acid groups (broad SMARTS) is 2. The average molecular weight is 1640 g/mol. The van der Waals surface area contributed by atoms with Crippen LogP contribution in [-0.4, -0.2) is 240 Å². The maximum Gasteiger partial charge on any atom is 0.326 e. The van der Waals surface area contributed by atoms with Gasteiger partial charge >= 0.3 is 11.9 Å². The molecule has 3 rings (SSSR count). The van der Waals surface area contributed by atoms with E-state index in [4.69, 9.17) is 45.9 Å². The van der Waals surface area contributed by atoms with Gasteiger partial charge in [-0.3, -0.25) is 82.1 Å². The van der Waals surface area contributed by atoms with Crippen molar-refractivity contribution in [1.29, 1.82) is 0 Å². The highest BCUT2D eigenvalue weighted by molar-refractivity contribution is 8.76. The zero-order chi connectivity index (χ0) is 85.0. The molecule has 0 radical (unpaired) electrons. The summed E-state index contributed by atoms with van der Waals surface area (Å²) < 4.78 is 0. The number of benzene rings is 2. The number of nitrogens with one attached hydrogen (secondary N) is 13. The van der Waals surface area contributed by atoms with E-state index in [1.807, 2.05) is 0 Å². The second kappa shape index (κ2) is 52.3. The largest absolute Gasteiger partial charge is 0.481 e. The first-order valence-corrected chi connectivity index (χ1v) is 39.8. The van der Waals surface area contributed by atoms with Crippen molar-refractivity contribution in [1.82, 2.24) is 69.1 Å². The molecular weight excluding hydrogens is 1530 g/mol. The van der Waals surface area contributed by atoms with Gasteiger partial charge in [0.1, 0.15) is 66.5 Å². The Hall–Kier alpha value is -11.1. The molecule has 1 saturated heterocycles. The molecule has 0 bridgehead atoms. The highest BCUT2D eigenvalue weighted by atomic mass is 33.1. The smallest absolute Gasteiger partial charge is 0.326 e. The summed E-state index contributed by atoms with van der Waals surface area (Å²) in [6.07, 6.45) is -0.706. The maximum absolute atomic E-state index is 15.2. The third-order valence-corrected chi connectivity index (χ3v) is 20.3. The van der Waals surface area contributed by atoms with Crippen molar-refractivity contribution < 1.29 is 82.1 Å². The molecule has 2 aromatic rings. The zero-order valence-electron chi connectivity index (χ0n) is 64.7. The van der Waals surface area contributed by atoms with E-state index >= 15 is 9.59 Å². The molecule has 1 fully saturated rings. The van der Waals surface area contributed by atoms with E-state index in [1.54, 1.807) is 88.4 Å². The lowest BCUT2D eigenvalue weighted by atomic mass is 9.96. The molecule has 14 atom stereocenters. The number of guanidine groups is 3. The van der Waals surface area contributed by atoms with E-state index in [1.165, 1.54) is 6.92 Å². The Morgan fingerprint density at radius 1 is 0.518 bits per heavy atom. The number of carbonyl (C=O) groups excluding carboxylic acids is 13. The van der Waals surface area contributed by atoms with Gasteiger partial charge in [0, 0.05) is 44.0 Å². The average Bonchev–Trinajstić information content (AvgIpc) is 0.849. The number of aliphatic carboxylic acids is 2. The van der Waals surface area contributed by atoms with E-state index in [0.717, 1.165) is 21.6 Å². The standard InChI is InChI=1S/C71H114N24O17S2/c1-6-38(3)55-66(109)91-49(33-54(98)99)63(106)87-45(25-17-29-81-70(76)77)61(104)95-56(39(4)7-2)67(110)93-51(65(108)90-48(32-42-21-12-9-13-22-42)62(105)88-46(68(111)112)26-18-30-82-71(78)79)37-114-113-36-50(92-58(101)43(73)23-14-15-27-72)64(107)85-40(5)57(100)89-47(31-41-19-10-8-11-20-41)59(102)84-34-52(96)83-35-53(97)86-44(60(103)94-55)24-16-28-80-69(74)75/h8-13,19-22,38-40,43-51,55-56H,6-7,14-18,23-37,72-73H2,1-5H3,(H,83,96)(H,84,102)(H,85,107)(H,86,97)(H,87,106)(H,88,105)(H,89,100)(H,90,108)(H,91,109)(H,92,101)(H,93,110)(H,94,103)(H,95,104)(H,98,99)(H,111,112)(H4,74,75,80)(H4,76,77,81)(H4,78,79,82)/t38-,39-,40-,43-,44+,45-,46+,47+,48+,49+,50+,51+,55-,56+/m0/s1. The zero-order valence-corrected chi connectivity index (χ0v) is 66.3. The van der Waals surface area contributed by atoms with Crippen molar-refractivity contribution in [3.8, 4) is 0 Å². The van der Waals surface area contributed by atoms with Crippen LogP contribution in [0.1, 0.15) is 123 Å². The van der Waals surface area contributed by atoms with Crippen molar-refractivity contribution >= 4 is 128 Å². The molecule has 632 valence electrons.